The highest BCUT2D eigenvalue weighted by Gasteiger charge is 2.32. The monoisotopic (exact) mass is 317 g/mol. The van der Waals surface area contributed by atoms with Crippen molar-refractivity contribution in [2.75, 3.05) is 18.4 Å². The zero-order valence-electron chi connectivity index (χ0n) is 11.4. The predicted octanol–water partition coefficient (Wildman–Crippen LogP) is 2.43. The Labute approximate surface area is 123 Å². The highest BCUT2D eigenvalue weighted by atomic mass is 19.4. The van der Waals surface area contributed by atoms with Crippen LogP contribution in [-0.4, -0.2) is 40.1 Å². The summed E-state index contributed by atoms with van der Waals surface area (Å²) >= 11 is 0. The van der Waals surface area contributed by atoms with E-state index in [0.29, 0.717) is 25.6 Å². The number of likely N-dealkylation sites (tertiary alicyclic amines) is 1. The quantitative estimate of drug-likeness (QED) is 0.877. The van der Waals surface area contributed by atoms with Gasteiger partial charge < -0.3 is 15.3 Å². The van der Waals surface area contributed by atoms with E-state index in [4.69, 9.17) is 5.11 Å². The Hall–Kier alpha value is -2.32. The minimum Gasteiger partial charge on any atom is -0.481 e. The molecule has 0 aliphatic carbocycles. The number of aliphatic carboxylic acids is 1. The second-order valence-electron chi connectivity index (χ2n) is 5.01. The molecule has 0 radical (unpaired) electrons. The molecular formula is C13H14F3N3O3. The van der Waals surface area contributed by atoms with Gasteiger partial charge in [0.05, 0.1) is 23.4 Å². The van der Waals surface area contributed by atoms with Gasteiger partial charge in [-0.3, -0.25) is 9.78 Å². The van der Waals surface area contributed by atoms with Crippen LogP contribution in [0.5, 0.6) is 0 Å². The highest BCUT2D eigenvalue weighted by molar-refractivity contribution is 5.89. The molecule has 1 atom stereocenters. The van der Waals surface area contributed by atoms with E-state index in [0.717, 1.165) is 12.3 Å². The van der Waals surface area contributed by atoms with Crippen molar-refractivity contribution in [1.29, 1.82) is 0 Å². The minimum absolute atomic E-state index is 0.0353. The largest absolute Gasteiger partial charge is 0.481 e. The van der Waals surface area contributed by atoms with E-state index in [-0.39, 0.29) is 12.2 Å². The molecule has 120 valence electrons. The molecule has 0 bridgehead atoms. The maximum Gasteiger partial charge on any atom is 0.417 e. The molecule has 2 heterocycles. The Bertz CT molecular complexity index is 577. The number of anilines is 1. The van der Waals surface area contributed by atoms with Gasteiger partial charge in [-0.05, 0) is 18.9 Å². The first-order valence-corrected chi connectivity index (χ1v) is 6.58. The fraction of sp³-hybridized carbons (Fsp3) is 0.462. The fourth-order valence-electron chi connectivity index (χ4n) is 2.23. The Morgan fingerprint density at radius 2 is 2.09 bits per heavy atom. The number of carbonyl (C=O) groups excluding carboxylic acids is 1. The van der Waals surface area contributed by atoms with Crippen LogP contribution in [0.1, 0.15) is 18.4 Å². The first-order chi connectivity index (χ1) is 10.3. The SMILES string of the molecule is O=C(O)[C@@H]1CCCN(C(=O)Nc2cncc(C(F)(F)F)c2)C1. The number of nitrogens with zero attached hydrogens (tertiary/aromatic N) is 2. The van der Waals surface area contributed by atoms with Gasteiger partial charge in [-0.25, -0.2) is 4.79 Å². The first-order valence-electron chi connectivity index (χ1n) is 6.58. The Morgan fingerprint density at radius 1 is 1.36 bits per heavy atom. The molecule has 1 aromatic rings. The summed E-state index contributed by atoms with van der Waals surface area (Å²) < 4.78 is 37.7. The fourth-order valence-corrected chi connectivity index (χ4v) is 2.23. The van der Waals surface area contributed by atoms with Crippen LogP contribution in [-0.2, 0) is 11.0 Å². The smallest absolute Gasteiger partial charge is 0.417 e. The standard InChI is InChI=1S/C13H14F3N3O3/c14-13(15,16)9-4-10(6-17-5-9)18-12(22)19-3-1-2-8(7-19)11(20)21/h4-6,8H,1-3,7H2,(H,18,22)(H,20,21)/t8-/m1/s1. The van der Waals surface area contributed by atoms with Crippen LogP contribution in [0.15, 0.2) is 18.5 Å². The summed E-state index contributed by atoms with van der Waals surface area (Å²) in [6, 6.07) is 0.149. The van der Waals surface area contributed by atoms with E-state index >= 15 is 0 Å². The lowest BCUT2D eigenvalue weighted by atomic mass is 9.99. The van der Waals surface area contributed by atoms with Crippen LogP contribution in [0.2, 0.25) is 0 Å². The number of piperidine rings is 1. The van der Waals surface area contributed by atoms with Crippen molar-refractivity contribution >= 4 is 17.7 Å². The van der Waals surface area contributed by atoms with Crippen LogP contribution in [0, 0.1) is 5.92 Å². The number of aromatic nitrogens is 1. The van der Waals surface area contributed by atoms with Crippen LogP contribution < -0.4 is 5.32 Å². The van der Waals surface area contributed by atoms with Gasteiger partial charge in [-0.2, -0.15) is 13.2 Å². The van der Waals surface area contributed by atoms with Gasteiger partial charge in [0.2, 0.25) is 0 Å². The summed E-state index contributed by atoms with van der Waals surface area (Å²) in [6.45, 7) is 0.398. The summed E-state index contributed by atoms with van der Waals surface area (Å²) in [6.07, 6.45) is -1.77. The second-order valence-corrected chi connectivity index (χ2v) is 5.01. The number of carboxylic acid groups (broad SMARTS) is 1. The minimum atomic E-state index is -4.55. The van der Waals surface area contributed by atoms with Crippen molar-refractivity contribution in [3.05, 3.63) is 24.0 Å². The summed E-state index contributed by atoms with van der Waals surface area (Å²) in [5.41, 5.74) is -1.05. The summed E-state index contributed by atoms with van der Waals surface area (Å²) in [4.78, 5) is 27.7. The number of rotatable bonds is 2. The molecule has 1 aromatic heterocycles. The number of pyridine rings is 1. The van der Waals surface area contributed by atoms with Crippen molar-refractivity contribution in [2.24, 2.45) is 5.92 Å². The van der Waals surface area contributed by atoms with Gasteiger partial charge in [0.25, 0.3) is 0 Å². The van der Waals surface area contributed by atoms with E-state index < -0.39 is 29.7 Å². The lowest BCUT2D eigenvalue weighted by molar-refractivity contribution is -0.143. The third kappa shape index (κ3) is 3.86. The van der Waals surface area contributed by atoms with E-state index in [1.165, 1.54) is 4.90 Å². The third-order valence-electron chi connectivity index (χ3n) is 3.37. The molecule has 0 unspecified atom stereocenters. The molecule has 9 heteroatoms. The molecule has 0 aromatic carbocycles. The average molecular weight is 317 g/mol. The zero-order chi connectivity index (χ0) is 16.3. The van der Waals surface area contributed by atoms with Crippen molar-refractivity contribution in [3.8, 4) is 0 Å². The van der Waals surface area contributed by atoms with Gasteiger partial charge in [-0.15, -0.1) is 0 Å². The van der Waals surface area contributed by atoms with Crippen LogP contribution >= 0.6 is 0 Å². The van der Waals surface area contributed by atoms with Crippen LogP contribution in [0.3, 0.4) is 0 Å². The highest BCUT2D eigenvalue weighted by Crippen LogP contribution is 2.30. The molecule has 2 amide bonds. The van der Waals surface area contributed by atoms with Gasteiger partial charge in [0, 0.05) is 19.3 Å². The Kier molecular flexibility index (Phi) is 4.53. The van der Waals surface area contributed by atoms with E-state index in [9.17, 15) is 22.8 Å². The number of halogens is 3. The summed E-state index contributed by atoms with van der Waals surface area (Å²) in [7, 11) is 0. The number of carbonyl (C=O) groups is 2. The van der Waals surface area contributed by atoms with Crippen molar-refractivity contribution in [3.63, 3.8) is 0 Å². The van der Waals surface area contributed by atoms with E-state index in [1.807, 2.05) is 0 Å². The zero-order valence-corrected chi connectivity index (χ0v) is 11.4. The van der Waals surface area contributed by atoms with Gasteiger partial charge in [0.15, 0.2) is 0 Å². The molecule has 6 nitrogen and oxygen atoms in total. The van der Waals surface area contributed by atoms with Crippen molar-refractivity contribution in [2.45, 2.75) is 19.0 Å². The molecule has 1 aliphatic heterocycles. The van der Waals surface area contributed by atoms with E-state index in [1.54, 1.807) is 0 Å². The van der Waals surface area contributed by atoms with Gasteiger partial charge >= 0.3 is 18.2 Å². The molecular weight excluding hydrogens is 303 g/mol. The third-order valence-corrected chi connectivity index (χ3v) is 3.37. The molecule has 2 rings (SSSR count). The lowest BCUT2D eigenvalue weighted by Gasteiger charge is -2.30. The average Bonchev–Trinajstić information content (AvgIpc) is 2.46. The number of alkyl halides is 3. The number of hydrogen-bond acceptors (Lipinski definition) is 3. The number of nitrogens with one attached hydrogen (secondary N) is 1. The summed E-state index contributed by atoms with van der Waals surface area (Å²) in [5, 5.41) is 11.3. The maximum absolute atomic E-state index is 12.6. The first kappa shape index (κ1) is 16.1. The van der Waals surface area contributed by atoms with E-state index in [2.05, 4.69) is 10.3 Å². The molecule has 1 fully saturated rings. The topological polar surface area (TPSA) is 82.5 Å². The van der Waals surface area contributed by atoms with Gasteiger partial charge in [-0.1, -0.05) is 0 Å². The van der Waals surface area contributed by atoms with Crippen molar-refractivity contribution < 1.29 is 27.9 Å². The normalized spacial score (nSPS) is 18.9. The maximum atomic E-state index is 12.6. The molecule has 0 spiro atoms. The molecule has 22 heavy (non-hydrogen) atoms. The number of carboxylic acids is 1. The number of hydrogen-bond donors (Lipinski definition) is 2. The second kappa shape index (κ2) is 6.20. The molecule has 1 saturated heterocycles. The molecule has 2 N–H and O–H groups in total. The Morgan fingerprint density at radius 3 is 2.73 bits per heavy atom. The number of urea groups is 1. The number of amides is 2. The predicted molar refractivity (Wildman–Crippen MR) is 70.2 cm³/mol. The Balaban J connectivity index is 2.04. The van der Waals surface area contributed by atoms with Gasteiger partial charge in [0.1, 0.15) is 0 Å². The van der Waals surface area contributed by atoms with Crippen molar-refractivity contribution in [1.82, 2.24) is 9.88 Å². The molecule has 0 saturated carbocycles. The molecule has 1 aliphatic rings. The summed E-state index contributed by atoms with van der Waals surface area (Å²) in [5.74, 6) is -1.64. The lowest BCUT2D eigenvalue weighted by Crippen LogP contribution is -2.44. The van der Waals surface area contributed by atoms with Crippen LogP contribution in [0.4, 0.5) is 23.7 Å². The van der Waals surface area contributed by atoms with Crippen LogP contribution in [0.25, 0.3) is 0 Å².